The van der Waals surface area contributed by atoms with Gasteiger partial charge in [0.1, 0.15) is 5.01 Å². The molecule has 132 valence electrons. The summed E-state index contributed by atoms with van der Waals surface area (Å²) in [5.74, 6) is 0.948. The van der Waals surface area contributed by atoms with Crippen molar-refractivity contribution in [3.63, 3.8) is 0 Å². The summed E-state index contributed by atoms with van der Waals surface area (Å²) in [5.41, 5.74) is 3.62. The van der Waals surface area contributed by atoms with Gasteiger partial charge in [-0.15, -0.1) is 11.3 Å². The van der Waals surface area contributed by atoms with Crippen LogP contribution in [-0.4, -0.2) is 29.5 Å². The molecular weight excluding hydrogens is 326 g/mol. The van der Waals surface area contributed by atoms with Crippen LogP contribution in [0.2, 0.25) is 0 Å². The third kappa shape index (κ3) is 3.16. The first-order valence-corrected chi connectivity index (χ1v) is 10.6. The Kier molecular flexibility index (Phi) is 4.15. The molecule has 1 aliphatic heterocycles. The zero-order valence-corrected chi connectivity index (χ0v) is 15.6. The van der Waals surface area contributed by atoms with Crippen molar-refractivity contribution in [1.29, 1.82) is 0 Å². The fourth-order valence-electron chi connectivity index (χ4n) is 4.84. The number of piperidine rings is 1. The molecule has 1 spiro atoms. The fourth-order valence-corrected chi connectivity index (χ4v) is 5.50. The average Bonchev–Trinajstić information content (AvgIpc) is 3.25. The lowest BCUT2D eigenvalue weighted by molar-refractivity contribution is 0.146. The van der Waals surface area contributed by atoms with E-state index in [4.69, 9.17) is 0 Å². The Balaban J connectivity index is 1.30. The molecule has 3 nitrogen and oxygen atoms in total. The molecule has 1 aromatic heterocycles. The molecule has 0 radical (unpaired) electrons. The minimum absolute atomic E-state index is 0.400. The maximum absolute atomic E-state index is 4.46. The Morgan fingerprint density at radius 2 is 2.04 bits per heavy atom. The van der Waals surface area contributed by atoms with Crippen LogP contribution in [0.5, 0.6) is 0 Å². The first-order chi connectivity index (χ1) is 12.3. The molecule has 5 rings (SSSR count). The first-order valence-electron chi connectivity index (χ1n) is 9.76. The number of benzene rings is 1. The van der Waals surface area contributed by atoms with E-state index in [0.29, 0.717) is 11.5 Å². The highest BCUT2D eigenvalue weighted by Crippen LogP contribution is 2.51. The predicted octanol–water partition coefficient (Wildman–Crippen LogP) is 4.12. The second-order valence-corrected chi connectivity index (χ2v) is 9.16. The second kappa shape index (κ2) is 6.49. The number of hydrogen-bond donors (Lipinski definition) is 1. The van der Waals surface area contributed by atoms with Crippen molar-refractivity contribution in [1.82, 2.24) is 15.2 Å². The lowest BCUT2D eigenvalue weighted by Gasteiger charge is -2.40. The summed E-state index contributed by atoms with van der Waals surface area (Å²) in [7, 11) is 0. The van der Waals surface area contributed by atoms with Gasteiger partial charge in [-0.2, -0.15) is 0 Å². The molecule has 0 amide bonds. The van der Waals surface area contributed by atoms with Crippen LogP contribution in [-0.2, 0) is 12.0 Å². The molecule has 2 aliphatic carbocycles. The van der Waals surface area contributed by atoms with E-state index in [1.54, 1.807) is 22.5 Å². The van der Waals surface area contributed by atoms with Crippen molar-refractivity contribution in [2.45, 2.75) is 50.1 Å². The van der Waals surface area contributed by atoms with E-state index in [1.807, 2.05) is 6.20 Å². The van der Waals surface area contributed by atoms with E-state index in [1.165, 1.54) is 56.7 Å². The lowest BCUT2D eigenvalue weighted by atomic mass is 9.73. The summed E-state index contributed by atoms with van der Waals surface area (Å²) in [4.78, 5) is 7.06. The topological polar surface area (TPSA) is 28.2 Å². The van der Waals surface area contributed by atoms with Crippen molar-refractivity contribution in [3.8, 4) is 0 Å². The van der Waals surface area contributed by atoms with Gasteiger partial charge in [0, 0.05) is 17.6 Å². The summed E-state index contributed by atoms with van der Waals surface area (Å²) in [6, 6.07) is 9.82. The second-order valence-electron chi connectivity index (χ2n) is 8.18. The highest BCUT2D eigenvalue weighted by Gasteiger charge is 2.45. The van der Waals surface area contributed by atoms with E-state index >= 15 is 0 Å². The van der Waals surface area contributed by atoms with Gasteiger partial charge < -0.3 is 5.32 Å². The van der Waals surface area contributed by atoms with Gasteiger partial charge in [-0.25, -0.2) is 4.98 Å². The van der Waals surface area contributed by atoms with Crippen molar-refractivity contribution in [3.05, 3.63) is 52.0 Å². The summed E-state index contributed by atoms with van der Waals surface area (Å²) in [5, 5.41) is 7.24. The lowest BCUT2D eigenvalue weighted by Crippen LogP contribution is -2.41. The van der Waals surface area contributed by atoms with Gasteiger partial charge in [-0.1, -0.05) is 24.3 Å². The third-order valence-corrected chi connectivity index (χ3v) is 7.27. The van der Waals surface area contributed by atoms with Gasteiger partial charge in [0.15, 0.2) is 0 Å². The van der Waals surface area contributed by atoms with Crippen LogP contribution in [0.1, 0.15) is 54.3 Å². The van der Waals surface area contributed by atoms with Crippen LogP contribution in [0.15, 0.2) is 35.8 Å². The highest BCUT2D eigenvalue weighted by molar-refractivity contribution is 7.09. The number of fused-ring (bicyclic) bond motifs is 2. The maximum Gasteiger partial charge on any atom is 0.107 e. The van der Waals surface area contributed by atoms with Crippen LogP contribution >= 0.6 is 11.3 Å². The molecule has 25 heavy (non-hydrogen) atoms. The van der Waals surface area contributed by atoms with Crippen LogP contribution in [0.4, 0.5) is 0 Å². The minimum Gasteiger partial charge on any atom is -0.310 e. The van der Waals surface area contributed by atoms with Gasteiger partial charge in [0.25, 0.3) is 0 Å². The summed E-state index contributed by atoms with van der Waals surface area (Å²) in [6.45, 7) is 4.64. The molecule has 1 saturated carbocycles. The number of thiazole rings is 1. The van der Waals surface area contributed by atoms with Crippen LogP contribution < -0.4 is 5.32 Å². The normalized spacial score (nSPS) is 25.4. The van der Waals surface area contributed by atoms with Crippen molar-refractivity contribution in [2.24, 2.45) is 5.92 Å². The van der Waals surface area contributed by atoms with Gasteiger partial charge in [-0.05, 0) is 74.2 Å². The van der Waals surface area contributed by atoms with Gasteiger partial charge in [0.05, 0.1) is 6.54 Å². The van der Waals surface area contributed by atoms with E-state index in [2.05, 4.69) is 44.8 Å². The highest BCUT2D eigenvalue weighted by atomic mass is 32.1. The van der Waals surface area contributed by atoms with Crippen LogP contribution in [0, 0.1) is 5.92 Å². The monoisotopic (exact) mass is 353 g/mol. The zero-order chi connectivity index (χ0) is 16.7. The SMILES string of the molecule is c1ccc2c(c1)[C@@H](NCC1CC1)CC21CCN(Cc2nccs2)CC1. The van der Waals surface area contributed by atoms with Crippen LogP contribution in [0.3, 0.4) is 0 Å². The molecule has 4 heteroatoms. The van der Waals surface area contributed by atoms with Crippen molar-refractivity contribution < 1.29 is 0 Å². The Labute approximate surface area is 154 Å². The Bertz CT molecular complexity index is 715. The molecule has 1 aromatic carbocycles. The molecule has 1 saturated heterocycles. The first kappa shape index (κ1) is 16.0. The molecule has 0 unspecified atom stereocenters. The minimum atomic E-state index is 0.400. The zero-order valence-electron chi connectivity index (χ0n) is 14.8. The van der Waals surface area contributed by atoms with Crippen LogP contribution in [0.25, 0.3) is 0 Å². The smallest absolute Gasteiger partial charge is 0.107 e. The summed E-state index contributed by atoms with van der Waals surface area (Å²) < 4.78 is 0. The molecular formula is C21H27N3S. The standard InChI is InChI=1S/C21H27N3S/c1-2-4-18-17(3-1)19(23-14-16-5-6-16)13-21(18)7-10-24(11-8-21)15-20-22-9-12-25-20/h1-4,9,12,16,19,23H,5-8,10-11,13-15H2/t19-/m0/s1. The Morgan fingerprint density at radius 3 is 2.80 bits per heavy atom. The van der Waals surface area contributed by atoms with Gasteiger partial charge in [0.2, 0.25) is 0 Å². The number of nitrogens with zero attached hydrogens (tertiary/aromatic N) is 2. The molecule has 1 atom stereocenters. The van der Waals surface area contributed by atoms with Gasteiger partial charge in [-0.3, -0.25) is 4.90 Å². The van der Waals surface area contributed by atoms with Crippen molar-refractivity contribution >= 4 is 11.3 Å². The van der Waals surface area contributed by atoms with E-state index in [9.17, 15) is 0 Å². The molecule has 1 N–H and O–H groups in total. The van der Waals surface area contributed by atoms with E-state index < -0.39 is 0 Å². The third-order valence-electron chi connectivity index (χ3n) is 6.51. The largest absolute Gasteiger partial charge is 0.310 e. The number of rotatable bonds is 5. The fraction of sp³-hybridized carbons (Fsp3) is 0.571. The quantitative estimate of drug-likeness (QED) is 0.876. The molecule has 2 fully saturated rings. The maximum atomic E-state index is 4.46. The Morgan fingerprint density at radius 1 is 1.20 bits per heavy atom. The Hall–Kier alpha value is -1.23. The van der Waals surface area contributed by atoms with Gasteiger partial charge >= 0.3 is 0 Å². The average molecular weight is 354 g/mol. The number of nitrogens with one attached hydrogen (secondary N) is 1. The summed E-state index contributed by atoms with van der Waals surface area (Å²) in [6.07, 6.45) is 8.66. The predicted molar refractivity (Wildman–Crippen MR) is 103 cm³/mol. The molecule has 2 aromatic rings. The number of hydrogen-bond acceptors (Lipinski definition) is 4. The number of likely N-dealkylation sites (tertiary alicyclic amines) is 1. The van der Waals surface area contributed by atoms with Crippen molar-refractivity contribution in [2.75, 3.05) is 19.6 Å². The molecule has 2 heterocycles. The van der Waals surface area contributed by atoms with E-state index in [-0.39, 0.29) is 0 Å². The number of aromatic nitrogens is 1. The molecule has 3 aliphatic rings. The molecule has 0 bridgehead atoms. The van der Waals surface area contributed by atoms with E-state index in [0.717, 1.165) is 12.5 Å². The summed E-state index contributed by atoms with van der Waals surface area (Å²) >= 11 is 1.78.